The Morgan fingerprint density at radius 1 is 1.11 bits per heavy atom. The van der Waals surface area contributed by atoms with Crippen molar-refractivity contribution in [2.45, 2.75) is 0 Å². The van der Waals surface area contributed by atoms with Crippen molar-refractivity contribution in [3.8, 4) is 0 Å². The van der Waals surface area contributed by atoms with E-state index in [0.717, 1.165) is 0 Å². The van der Waals surface area contributed by atoms with Gasteiger partial charge in [-0.1, -0.05) is 0 Å². The van der Waals surface area contributed by atoms with Crippen LogP contribution in [0.15, 0.2) is 0 Å². The Morgan fingerprint density at radius 3 is 1.56 bits per heavy atom. The van der Waals surface area contributed by atoms with Crippen molar-refractivity contribution in [1.29, 1.82) is 0 Å². The highest BCUT2D eigenvalue weighted by Crippen LogP contribution is 2.57. The van der Waals surface area contributed by atoms with Crippen LogP contribution in [0.4, 0.5) is 0 Å². The average Bonchev–Trinajstić information content (AvgIpc) is 1.79. The normalized spacial score (nSPS) is 23.3. The second-order valence-electron chi connectivity index (χ2n) is 2.01. The fourth-order valence-electron chi connectivity index (χ4n) is 0.493. The predicted molar refractivity (Wildman–Crippen MR) is 31.0 cm³/mol. The van der Waals surface area contributed by atoms with Crippen LogP contribution in [0.5, 0.6) is 0 Å². The van der Waals surface area contributed by atoms with Crippen molar-refractivity contribution in [3.05, 3.63) is 0 Å². The summed E-state index contributed by atoms with van der Waals surface area (Å²) in [4.78, 5) is 20.6. The van der Waals surface area contributed by atoms with Gasteiger partial charge in [0.2, 0.25) is 0 Å². The van der Waals surface area contributed by atoms with Crippen molar-refractivity contribution >= 4 is 19.7 Å². The van der Waals surface area contributed by atoms with Crippen LogP contribution < -0.4 is 0 Å². The lowest BCUT2D eigenvalue weighted by molar-refractivity contribution is -0.150. The van der Waals surface area contributed by atoms with Gasteiger partial charge >= 0.3 is 19.7 Å². The Morgan fingerprint density at radius 2 is 1.44 bits per heavy atom. The Hall–Kier alpha value is -0.630. The highest BCUT2D eigenvalue weighted by molar-refractivity contribution is 7.66. The van der Waals surface area contributed by atoms with E-state index >= 15 is 0 Å². The third-order valence-corrected chi connectivity index (χ3v) is 1.98. The van der Waals surface area contributed by atoms with E-state index in [1.807, 2.05) is 0 Å². The summed E-state index contributed by atoms with van der Waals surface area (Å²) in [5.74, 6) is -1.73. The van der Waals surface area contributed by atoms with Crippen LogP contribution in [0.2, 0.25) is 0 Å². The van der Waals surface area contributed by atoms with E-state index in [9.17, 15) is 9.59 Å². The molecule has 5 heteroatoms. The topological polar surface area (TPSA) is 52.6 Å². The van der Waals surface area contributed by atoms with Gasteiger partial charge < -0.3 is 0 Å². The molecule has 0 bridgehead atoms. The molecule has 1 aliphatic heterocycles. The highest BCUT2D eigenvalue weighted by atomic mass is 31.2. The van der Waals surface area contributed by atoms with Crippen molar-refractivity contribution in [2.75, 3.05) is 13.3 Å². The van der Waals surface area contributed by atoms with Crippen LogP contribution in [0.1, 0.15) is 0 Å². The second kappa shape index (κ2) is 1.67. The van der Waals surface area contributed by atoms with Crippen molar-refractivity contribution < 1.29 is 18.6 Å². The second-order valence-corrected chi connectivity index (χ2v) is 4.88. The Bertz CT molecular complexity index is 155. The van der Waals surface area contributed by atoms with E-state index in [2.05, 4.69) is 9.05 Å². The van der Waals surface area contributed by atoms with Gasteiger partial charge in [-0.3, -0.25) is 9.05 Å². The lowest BCUT2D eigenvalue weighted by Gasteiger charge is -1.99. The molecular formula is C4H6O4P+. The molecule has 0 spiro atoms. The average molecular weight is 149 g/mol. The molecule has 4 nitrogen and oxygen atoms in total. The van der Waals surface area contributed by atoms with Gasteiger partial charge in [-0.15, -0.1) is 0 Å². The van der Waals surface area contributed by atoms with Crippen LogP contribution in [-0.4, -0.2) is 25.3 Å². The lowest BCUT2D eigenvalue weighted by atomic mass is 10.7. The van der Waals surface area contributed by atoms with Gasteiger partial charge in [0.25, 0.3) is 0 Å². The minimum absolute atomic E-state index is 0.867. The lowest BCUT2D eigenvalue weighted by Crippen LogP contribution is -2.05. The zero-order chi connectivity index (χ0) is 7.07. The first-order valence-corrected chi connectivity index (χ1v) is 4.85. The van der Waals surface area contributed by atoms with Gasteiger partial charge in [-0.05, 0) is 0 Å². The van der Waals surface area contributed by atoms with E-state index in [1.165, 1.54) is 0 Å². The number of carbonyl (C=O) groups is 2. The standard InChI is InChI=1S/C4H6O4P/c1-9(2)7-3(5)4(6)8-9/h1-2H3/q+1. The van der Waals surface area contributed by atoms with Crippen molar-refractivity contribution in [3.63, 3.8) is 0 Å². The minimum Gasteiger partial charge on any atom is -0.260 e. The molecule has 0 N–H and O–H groups in total. The van der Waals surface area contributed by atoms with Gasteiger partial charge in [-0.2, -0.15) is 0 Å². The van der Waals surface area contributed by atoms with E-state index in [4.69, 9.17) is 0 Å². The van der Waals surface area contributed by atoms with Crippen molar-refractivity contribution in [2.24, 2.45) is 0 Å². The third kappa shape index (κ3) is 1.19. The Balaban J connectivity index is 2.76. The molecule has 0 aliphatic carbocycles. The van der Waals surface area contributed by atoms with Crippen LogP contribution in [0.3, 0.4) is 0 Å². The summed E-state index contributed by atoms with van der Waals surface area (Å²) in [5, 5.41) is 0. The number of hydrogen-bond donors (Lipinski definition) is 0. The first-order valence-electron chi connectivity index (χ1n) is 2.33. The van der Waals surface area contributed by atoms with Crippen LogP contribution in [0.25, 0.3) is 0 Å². The fourth-order valence-corrected chi connectivity index (χ4v) is 1.48. The van der Waals surface area contributed by atoms with E-state index in [-0.39, 0.29) is 0 Å². The molecule has 1 saturated heterocycles. The summed E-state index contributed by atoms with van der Waals surface area (Å²) in [6, 6.07) is 0. The summed E-state index contributed by atoms with van der Waals surface area (Å²) < 4.78 is 9.12. The number of rotatable bonds is 0. The molecule has 0 saturated carbocycles. The van der Waals surface area contributed by atoms with Crippen LogP contribution in [-0.2, 0) is 18.6 Å². The SMILES string of the molecule is C[P+]1(C)OC(=O)C(=O)O1. The molecular weight excluding hydrogens is 143 g/mol. The van der Waals surface area contributed by atoms with Gasteiger partial charge in [0, 0.05) is 0 Å². The molecule has 1 heterocycles. The van der Waals surface area contributed by atoms with Crippen LogP contribution >= 0.6 is 7.72 Å². The summed E-state index contributed by atoms with van der Waals surface area (Å²) in [7, 11) is -2.10. The maximum Gasteiger partial charge on any atom is 0.466 e. The molecule has 0 atom stereocenters. The van der Waals surface area contributed by atoms with Gasteiger partial charge in [0.15, 0.2) is 0 Å². The van der Waals surface area contributed by atoms with E-state index < -0.39 is 19.7 Å². The molecule has 0 unspecified atom stereocenters. The molecule has 9 heavy (non-hydrogen) atoms. The largest absolute Gasteiger partial charge is 0.466 e. The molecule has 1 fully saturated rings. The van der Waals surface area contributed by atoms with Gasteiger partial charge in [-0.25, -0.2) is 9.59 Å². The minimum atomic E-state index is -2.10. The first-order chi connectivity index (χ1) is 4.01. The Labute approximate surface area is 52.6 Å². The maximum absolute atomic E-state index is 10.3. The zero-order valence-corrected chi connectivity index (χ0v) is 5.97. The number of hydrogen-bond acceptors (Lipinski definition) is 4. The van der Waals surface area contributed by atoms with Crippen LogP contribution in [0, 0.1) is 0 Å². The molecule has 0 aromatic heterocycles. The summed E-state index contributed by atoms with van der Waals surface area (Å²) in [6.45, 7) is 3.21. The highest BCUT2D eigenvalue weighted by Gasteiger charge is 2.50. The zero-order valence-electron chi connectivity index (χ0n) is 5.08. The molecule has 1 aliphatic rings. The van der Waals surface area contributed by atoms with Gasteiger partial charge in [0.05, 0.1) is 0 Å². The smallest absolute Gasteiger partial charge is 0.260 e. The molecule has 1 rings (SSSR count). The third-order valence-electron chi connectivity index (χ3n) is 0.772. The molecule has 0 aromatic rings. The summed E-state index contributed by atoms with van der Waals surface area (Å²) in [5.41, 5.74) is 0. The van der Waals surface area contributed by atoms with E-state index in [0.29, 0.717) is 0 Å². The maximum atomic E-state index is 10.3. The summed E-state index contributed by atoms with van der Waals surface area (Å²) >= 11 is 0. The molecule has 0 amide bonds. The monoisotopic (exact) mass is 149 g/mol. The van der Waals surface area contributed by atoms with E-state index in [1.54, 1.807) is 13.3 Å². The molecule has 50 valence electrons. The van der Waals surface area contributed by atoms with Gasteiger partial charge in [0.1, 0.15) is 13.3 Å². The first kappa shape index (κ1) is 6.49. The predicted octanol–water partition coefficient (Wildman–Crippen LogP) is 0.194. The summed E-state index contributed by atoms with van der Waals surface area (Å²) in [6.07, 6.45) is 0. The number of carbonyl (C=O) groups excluding carboxylic acids is 2. The molecule has 0 aromatic carbocycles. The fraction of sp³-hybridized carbons (Fsp3) is 0.500. The molecule has 0 radical (unpaired) electrons. The quantitative estimate of drug-likeness (QED) is 0.364. The van der Waals surface area contributed by atoms with Crippen molar-refractivity contribution in [1.82, 2.24) is 0 Å². The Kier molecular flexibility index (Phi) is 1.21.